The maximum Gasteiger partial charge on any atom is 0.355 e. The monoisotopic (exact) mass is 526 g/mol. The predicted octanol–water partition coefficient (Wildman–Crippen LogP) is 3.37. The summed E-state index contributed by atoms with van der Waals surface area (Å²) in [7, 11) is 3.71. The average molecular weight is 527 g/mol. The summed E-state index contributed by atoms with van der Waals surface area (Å²) in [5.74, 6) is -1.02. The van der Waals surface area contributed by atoms with E-state index in [4.69, 9.17) is 15.6 Å². The molecular formula is C25H42N4O6S. The van der Waals surface area contributed by atoms with E-state index in [1.54, 1.807) is 11.9 Å². The number of carboxylic acid groups (broad SMARTS) is 1. The summed E-state index contributed by atoms with van der Waals surface area (Å²) in [6.07, 6.45) is 6.16. The second-order valence-corrected chi connectivity index (χ2v) is 10.4. The van der Waals surface area contributed by atoms with Gasteiger partial charge in [-0.05, 0) is 51.1 Å². The molecule has 1 aliphatic rings. The van der Waals surface area contributed by atoms with Crippen molar-refractivity contribution >= 4 is 35.1 Å². The van der Waals surface area contributed by atoms with Gasteiger partial charge >= 0.3 is 11.9 Å². The summed E-state index contributed by atoms with van der Waals surface area (Å²) in [4.78, 5) is 51.2. The normalized spacial score (nSPS) is 14.4. The van der Waals surface area contributed by atoms with E-state index in [1.165, 1.54) is 12.3 Å². The predicted molar refractivity (Wildman–Crippen MR) is 139 cm³/mol. The zero-order chi connectivity index (χ0) is 27.3. The number of esters is 1. The average Bonchev–Trinajstić information content (AvgIpc) is 3.46. The third kappa shape index (κ3) is 12.4. The van der Waals surface area contributed by atoms with Gasteiger partial charge in [0.15, 0.2) is 11.8 Å². The molecule has 1 heterocycles. The van der Waals surface area contributed by atoms with Crippen LogP contribution in [0, 0.1) is 11.8 Å². The van der Waals surface area contributed by atoms with Crippen LogP contribution < -0.4 is 11.1 Å². The lowest BCUT2D eigenvalue weighted by Gasteiger charge is -2.33. The number of rotatable bonds is 15. The largest absolute Gasteiger partial charge is 0.476 e. The zero-order valence-corrected chi connectivity index (χ0v) is 22.9. The van der Waals surface area contributed by atoms with Crippen molar-refractivity contribution in [2.45, 2.75) is 84.3 Å². The maximum atomic E-state index is 12.5. The first-order valence-corrected chi connectivity index (χ1v) is 13.4. The summed E-state index contributed by atoms with van der Waals surface area (Å²) >= 11 is 1.15. The Kier molecular flexibility index (Phi) is 14.2. The van der Waals surface area contributed by atoms with E-state index < -0.39 is 18.0 Å². The SMILES string of the molecule is CC(=O)OC(CC(C(C)C)N(C)C(=O)CC1CC1)c1nc(C(=O)O)cs1.CNCCCCCC(N)=O. The van der Waals surface area contributed by atoms with Gasteiger partial charge in [0.2, 0.25) is 11.8 Å². The number of hydrogen-bond donors (Lipinski definition) is 3. The van der Waals surface area contributed by atoms with Crippen molar-refractivity contribution in [2.75, 3.05) is 20.6 Å². The number of thiazole rings is 1. The number of nitrogens with two attached hydrogens (primary N) is 1. The number of primary amides is 1. The Morgan fingerprint density at radius 2 is 1.92 bits per heavy atom. The number of carboxylic acids is 1. The second kappa shape index (κ2) is 16.3. The van der Waals surface area contributed by atoms with Gasteiger partial charge in [-0.25, -0.2) is 9.78 Å². The highest BCUT2D eigenvalue weighted by molar-refractivity contribution is 7.09. The van der Waals surface area contributed by atoms with Crippen LogP contribution in [0.25, 0.3) is 0 Å². The van der Waals surface area contributed by atoms with E-state index >= 15 is 0 Å². The number of nitrogens with one attached hydrogen (secondary N) is 1. The molecule has 10 nitrogen and oxygen atoms in total. The first-order chi connectivity index (χ1) is 17.0. The van der Waals surface area contributed by atoms with Crippen LogP contribution in [0.4, 0.5) is 0 Å². The Morgan fingerprint density at radius 1 is 1.25 bits per heavy atom. The molecule has 0 aliphatic heterocycles. The molecule has 4 N–H and O–H groups in total. The molecule has 2 unspecified atom stereocenters. The Balaban J connectivity index is 0.000000548. The van der Waals surface area contributed by atoms with E-state index in [2.05, 4.69) is 10.3 Å². The van der Waals surface area contributed by atoms with Gasteiger partial charge in [0.25, 0.3) is 0 Å². The fourth-order valence-electron chi connectivity index (χ4n) is 3.71. The Bertz CT molecular complexity index is 855. The van der Waals surface area contributed by atoms with E-state index in [-0.39, 0.29) is 29.5 Å². The molecule has 1 aromatic heterocycles. The van der Waals surface area contributed by atoms with Crippen molar-refractivity contribution in [3.05, 3.63) is 16.1 Å². The van der Waals surface area contributed by atoms with Gasteiger partial charge in [-0.3, -0.25) is 14.4 Å². The van der Waals surface area contributed by atoms with E-state index in [0.717, 1.165) is 50.0 Å². The van der Waals surface area contributed by atoms with Gasteiger partial charge in [-0.15, -0.1) is 11.3 Å². The summed E-state index contributed by atoms with van der Waals surface area (Å²) in [5, 5.41) is 14.0. The maximum absolute atomic E-state index is 12.5. The van der Waals surface area contributed by atoms with E-state index in [9.17, 15) is 19.2 Å². The van der Waals surface area contributed by atoms with Crippen LogP contribution >= 0.6 is 11.3 Å². The van der Waals surface area contributed by atoms with Crippen molar-refractivity contribution < 1.29 is 29.0 Å². The third-order valence-electron chi connectivity index (χ3n) is 5.95. The molecule has 0 radical (unpaired) electrons. The van der Waals surface area contributed by atoms with Gasteiger partial charge < -0.3 is 25.8 Å². The lowest BCUT2D eigenvalue weighted by molar-refractivity contribution is -0.148. The number of carbonyl (C=O) groups excluding carboxylic acids is 3. The number of amides is 2. The lowest BCUT2D eigenvalue weighted by atomic mass is 9.96. The number of unbranched alkanes of at least 4 members (excludes halogenated alkanes) is 2. The molecule has 0 aromatic carbocycles. The summed E-state index contributed by atoms with van der Waals surface area (Å²) < 4.78 is 5.41. The molecule has 1 fully saturated rings. The van der Waals surface area contributed by atoms with Crippen LogP contribution in [0.3, 0.4) is 0 Å². The number of hydrogen-bond acceptors (Lipinski definition) is 8. The highest BCUT2D eigenvalue weighted by Gasteiger charge is 2.33. The minimum absolute atomic E-state index is 0.0681. The molecule has 204 valence electrons. The Morgan fingerprint density at radius 3 is 2.39 bits per heavy atom. The highest BCUT2D eigenvalue weighted by Crippen LogP contribution is 2.34. The quantitative estimate of drug-likeness (QED) is 0.232. The number of aromatic carboxylic acids is 1. The molecule has 0 bridgehead atoms. The van der Waals surface area contributed by atoms with Gasteiger partial charge in [-0.2, -0.15) is 0 Å². The fraction of sp³-hybridized carbons (Fsp3) is 0.720. The van der Waals surface area contributed by atoms with Gasteiger partial charge in [0, 0.05) is 44.7 Å². The zero-order valence-electron chi connectivity index (χ0n) is 22.1. The second-order valence-electron chi connectivity index (χ2n) is 9.55. The van der Waals surface area contributed by atoms with Crippen molar-refractivity contribution in [1.29, 1.82) is 0 Å². The van der Waals surface area contributed by atoms with Crippen LogP contribution in [0.5, 0.6) is 0 Å². The first kappa shape index (κ1) is 31.5. The number of aromatic nitrogens is 1. The highest BCUT2D eigenvalue weighted by atomic mass is 32.1. The third-order valence-corrected chi connectivity index (χ3v) is 6.89. The molecule has 1 saturated carbocycles. The van der Waals surface area contributed by atoms with Gasteiger partial charge in [-0.1, -0.05) is 20.3 Å². The van der Waals surface area contributed by atoms with Gasteiger partial charge in [0.05, 0.1) is 0 Å². The minimum atomic E-state index is -1.12. The summed E-state index contributed by atoms with van der Waals surface area (Å²) in [6, 6.07) is -0.136. The molecule has 2 amide bonds. The Hall–Kier alpha value is -2.53. The molecule has 36 heavy (non-hydrogen) atoms. The Labute approximate surface area is 218 Å². The smallest absolute Gasteiger partial charge is 0.355 e. The fourth-order valence-corrected chi connectivity index (χ4v) is 4.54. The van der Waals surface area contributed by atoms with Crippen LogP contribution in [-0.2, 0) is 19.1 Å². The van der Waals surface area contributed by atoms with Gasteiger partial charge in [0.1, 0.15) is 5.01 Å². The topological polar surface area (TPSA) is 152 Å². The van der Waals surface area contributed by atoms with Crippen LogP contribution in [0.1, 0.15) is 93.7 Å². The summed E-state index contributed by atoms with van der Waals surface area (Å²) in [6.45, 7) is 6.37. The van der Waals surface area contributed by atoms with Crippen LogP contribution in [0.15, 0.2) is 5.38 Å². The minimum Gasteiger partial charge on any atom is -0.476 e. The molecule has 11 heteroatoms. The number of nitrogens with zero attached hydrogens (tertiary/aromatic N) is 2. The molecule has 1 aliphatic carbocycles. The van der Waals surface area contributed by atoms with Crippen LogP contribution in [0.2, 0.25) is 0 Å². The van der Waals surface area contributed by atoms with Crippen molar-refractivity contribution in [3.63, 3.8) is 0 Å². The molecule has 0 spiro atoms. The van der Waals surface area contributed by atoms with E-state index in [1.807, 2.05) is 20.9 Å². The van der Waals surface area contributed by atoms with Crippen molar-refractivity contribution in [1.82, 2.24) is 15.2 Å². The van der Waals surface area contributed by atoms with Crippen LogP contribution in [-0.4, -0.2) is 65.4 Å². The molecular weight excluding hydrogens is 484 g/mol. The van der Waals surface area contributed by atoms with E-state index in [0.29, 0.717) is 30.2 Å². The molecule has 2 rings (SSSR count). The standard InChI is InChI=1S/C18H26N2O5S.C7H16N2O/c1-10(2)14(20(4)16(22)7-12-5-6-12)8-15(25-11(3)21)17-19-13(9-26-17)18(23)24;1-9-6-4-2-3-5-7(8)10/h9-10,12,14-15H,5-8H2,1-4H3,(H,23,24);9H,2-6H2,1H3,(H2,8,10). The lowest BCUT2D eigenvalue weighted by Crippen LogP contribution is -2.41. The molecule has 0 saturated heterocycles. The van der Waals surface area contributed by atoms with Crippen molar-refractivity contribution in [3.8, 4) is 0 Å². The molecule has 2 atom stereocenters. The first-order valence-electron chi connectivity index (χ1n) is 12.5. The van der Waals surface area contributed by atoms with Crippen molar-refractivity contribution in [2.24, 2.45) is 17.6 Å². The molecule has 1 aromatic rings. The number of carbonyl (C=O) groups is 4. The number of ether oxygens (including phenoxy) is 1. The summed E-state index contributed by atoms with van der Waals surface area (Å²) in [5.41, 5.74) is 4.88.